The quantitative estimate of drug-likeness (QED) is 0.406. The second-order valence-corrected chi connectivity index (χ2v) is 8.54. The molecule has 4 N–H and O–H groups in total. The number of aromatic nitrogens is 1. The van der Waals surface area contributed by atoms with Gasteiger partial charge in [-0.2, -0.15) is 0 Å². The Hall–Kier alpha value is -3.71. The van der Waals surface area contributed by atoms with E-state index in [1.165, 1.54) is 13.1 Å². The molecular weight excluding hydrogens is 487 g/mol. The van der Waals surface area contributed by atoms with E-state index in [1.807, 2.05) is 30.3 Å². The summed E-state index contributed by atoms with van der Waals surface area (Å²) in [6.07, 6.45) is -4.51. The molecule has 3 rings (SSSR count). The van der Waals surface area contributed by atoms with E-state index in [0.717, 1.165) is 33.9 Å². The van der Waals surface area contributed by atoms with Gasteiger partial charge >= 0.3 is 6.36 Å². The number of carbonyl (C=O) groups excluding carboxylic acids is 3. The maximum atomic E-state index is 12.4. The molecule has 0 fully saturated rings. The number of alkyl halides is 3. The van der Waals surface area contributed by atoms with E-state index in [1.54, 1.807) is 0 Å². The first-order valence-electron chi connectivity index (χ1n) is 10.3. The summed E-state index contributed by atoms with van der Waals surface area (Å²) in [5.74, 6) is -1.98. The summed E-state index contributed by atoms with van der Waals surface area (Å²) in [6, 6.07) is 12.0. The van der Waals surface area contributed by atoms with Crippen molar-refractivity contribution < 1.29 is 32.3 Å². The number of nitrogens with two attached hydrogens (primary N) is 1. The van der Waals surface area contributed by atoms with Crippen LogP contribution in [0.3, 0.4) is 0 Å². The lowest BCUT2D eigenvalue weighted by Gasteiger charge is -2.18. The summed E-state index contributed by atoms with van der Waals surface area (Å²) >= 11 is 0.955. The van der Waals surface area contributed by atoms with Crippen LogP contribution in [0.25, 0.3) is 10.2 Å². The van der Waals surface area contributed by atoms with Crippen molar-refractivity contribution in [2.75, 3.05) is 25.5 Å². The molecule has 0 aliphatic carbocycles. The smallest absolute Gasteiger partial charge is 0.406 e. The molecule has 2 aromatic carbocycles. The van der Waals surface area contributed by atoms with Gasteiger partial charge in [-0.25, -0.2) is 4.98 Å². The van der Waals surface area contributed by atoms with Gasteiger partial charge in [-0.3, -0.25) is 14.4 Å². The van der Waals surface area contributed by atoms with Crippen molar-refractivity contribution in [3.05, 3.63) is 54.1 Å². The highest BCUT2D eigenvalue weighted by Crippen LogP contribution is 2.31. The van der Waals surface area contributed by atoms with Crippen LogP contribution in [0.1, 0.15) is 5.56 Å². The number of thiazole rings is 1. The van der Waals surface area contributed by atoms with Crippen molar-refractivity contribution in [1.82, 2.24) is 15.2 Å². The largest absolute Gasteiger partial charge is 0.573 e. The van der Waals surface area contributed by atoms with Gasteiger partial charge in [-0.1, -0.05) is 41.7 Å². The van der Waals surface area contributed by atoms with Gasteiger partial charge in [0.05, 0.1) is 29.3 Å². The topological polar surface area (TPSA) is 127 Å². The van der Waals surface area contributed by atoms with E-state index < -0.39 is 35.9 Å². The van der Waals surface area contributed by atoms with E-state index in [-0.39, 0.29) is 18.2 Å². The number of rotatable bonds is 9. The van der Waals surface area contributed by atoms with Crippen LogP contribution in [0.5, 0.6) is 5.75 Å². The molecule has 35 heavy (non-hydrogen) atoms. The van der Waals surface area contributed by atoms with E-state index in [0.29, 0.717) is 16.6 Å². The molecule has 1 unspecified atom stereocenters. The zero-order chi connectivity index (χ0) is 25.6. The fourth-order valence-electron chi connectivity index (χ4n) is 3.01. The number of benzene rings is 2. The minimum atomic E-state index is -4.82. The third-order valence-electron chi connectivity index (χ3n) is 4.70. The van der Waals surface area contributed by atoms with Gasteiger partial charge < -0.3 is 26.0 Å². The molecule has 0 bridgehead atoms. The van der Waals surface area contributed by atoms with Crippen LogP contribution in [-0.2, 0) is 20.8 Å². The number of hydrogen-bond acceptors (Lipinski definition) is 7. The third-order valence-corrected chi connectivity index (χ3v) is 5.63. The Bertz CT molecular complexity index is 1200. The number of ether oxygens (including phenoxy) is 1. The lowest BCUT2D eigenvalue weighted by Crippen LogP contribution is -2.47. The molecule has 0 saturated heterocycles. The van der Waals surface area contributed by atoms with E-state index in [9.17, 15) is 27.6 Å². The number of nitrogens with zero attached hydrogens (tertiary/aromatic N) is 2. The zero-order valence-electron chi connectivity index (χ0n) is 18.5. The van der Waals surface area contributed by atoms with Crippen LogP contribution in [-0.4, -0.2) is 60.1 Å². The molecule has 0 aliphatic rings. The van der Waals surface area contributed by atoms with E-state index in [4.69, 9.17) is 5.73 Å². The third kappa shape index (κ3) is 7.93. The van der Waals surface area contributed by atoms with Crippen LogP contribution in [0.2, 0.25) is 0 Å². The van der Waals surface area contributed by atoms with Gasteiger partial charge in [0.25, 0.3) is 0 Å². The number of halogens is 3. The van der Waals surface area contributed by atoms with Gasteiger partial charge in [0.2, 0.25) is 17.7 Å². The SMILES string of the molecule is CN(CC(=O)Nc1nc2ccc(OC(F)(F)F)cc2s1)C(=O)CNC(=O)C(N)Cc1ccccc1. The number of nitrogens with one attached hydrogen (secondary N) is 2. The van der Waals surface area contributed by atoms with E-state index >= 15 is 0 Å². The highest BCUT2D eigenvalue weighted by Gasteiger charge is 2.31. The van der Waals surface area contributed by atoms with Crippen molar-refractivity contribution in [1.29, 1.82) is 0 Å². The molecule has 9 nitrogen and oxygen atoms in total. The van der Waals surface area contributed by atoms with Crippen LogP contribution in [0, 0.1) is 0 Å². The van der Waals surface area contributed by atoms with Gasteiger partial charge in [0, 0.05) is 13.1 Å². The average Bonchev–Trinajstić information content (AvgIpc) is 3.17. The zero-order valence-corrected chi connectivity index (χ0v) is 19.3. The Balaban J connectivity index is 1.47. The first kappa shape index (κ1) is 25.9. The molecule has 0 radical (unpaired) electrons. The van der Waals surface area contributed by atoms with Crippen molar-refractivity contribution in [3.8, 4) is 5.75 Å². The minimum Gasteiger partial charge on any atom is -0.406 e. The molecule has 3 aromatic rings. The Labute approximate surface area is 202 Å². The predicted molar refractivity (Wildman–Crippen MR) is 124 cm³/mol. The summed E-state index contributed by atoms with van der Waals surface area (Å²) in [5.41, 5.74) is 7.14. The predicted octanol–water partition coefficient (Wildman–Crippen LogP) is 2.28. The standard InChI is InChI=1S/C22H22F3N5O4S/c1-30(19(32)11-27-20(33)15(26)9-13-5-3-2-4-6-13)12-18(31)29-21-28-16-8-7-14(10-17(16)35-21)34-22(23,24)25/h2-8,10,15H,9,11-12,26H2,1H3,(H,27,33)(H,28,29,31). The fourth-order valence-corrected chi connectivity index (χ4v) is 3.92. The number of carbonyl (C=O) groups is 3. The molecule has 13 heteroatoms. The number of likely N-dealkylation sites (N-methyl/N-ethyl adjacent to an activating group) is 1. The van der Waals surface area contributed by atoms with Crippen molar-refractivity contribution in [2.24, 2.45) is 5.73 Å². The summed E-state index contributed by atoms with van der Waals surface area (Å²) in [5, 5.41) is 5.10. The lowest BCUT2D eigenvalue weighted by atomic mass is 10.1. The summed E-state index contributed by atoms with van der Waals surface area (Å²) in [7, 11) is 1.39. The normalized spacial score (nSPS) is 12.1. The van der Waals surface area contributed by atoms with Crippen molar-refractivity contribution >= 4 is 44.4 Å². The molecular formula is C22H22F3N5O4S. The van der Waals surface area contributed by atoms with Crippen LogP contribution < -0.4 is 21.1 Å². The van der Waals surface area contributed by atoms with Gasteiger partial charge in [-0.05, 0) is 24.1 Å². The molecule has 0 aliphatic heterocycles. The van der Waals surface area contributed by atoms with Crippen molar-refractivity contribution in [3.63, 3.8) is 0 Å². The highest BCUT2D eigenvalue weighted by molar-refractivity contribution is 7.22. The van der Waals surface area contributed by atoms with Gasteiger partial charge in [-0.15, -0.1) is 13.2 Å². The second-order valence-electron chi connectivity index (χ2n) is 7.51. The fraction of sp³-hybridized carbons (Fsp3) is 0.273. The lowest BCUT2D eigenvalue weighted by molar-refractivity contribution is -0.274. The maximum Gasteiger partial charge on any atom is 0.573 e. The molecule has 0 saturated carbocycles. The molecule has 1 heterocycles. The van der Waals surface area contributed by atoms with Gasteiger partial charge in [0.1, 0.15) is 5.75 Å². The minimum absolute atomic E-state index is 0.148. The molecule has 3 amide bonds. The number of anilines is 1. The van der Waals surface area contributed by atoms with Crippen molar-refractivity contribution in [2.45, 2.75) is 18.8 Å². The number of hydrogen-bond donors (Lipinski definition) is 3. The molecule has 186 valence electrons. The number of fused-ring (bicyclic) bond motifs is 1. The number of amides is 3. The summed E-state index contributed by atoms with van der Waals surface area (Å²) in [4.78, 5) is 42.0. The monoisotopic (exact) mass is 509 g/mol. The van der Waals surface area contributed by atoms with Crippen LogP contribution in [0.15, 0.2) is 48.5 Å². The van der Waals surface area contributed by atoms with Crippen LogP contribution >= 0.6 is 11.3 Å². The maximum absolute atomic E-state index is 12.4. The molecule has 0 spiro atoms. The Kier molecular flexibility index (Phi) is 8.25. The first-order valence-corrected chi connectivity index (χ1v) is 11.1. The highest BCUT2D eigenvalue weighted by atomic mass is 32.1. The van der Waals surface area contributed by atoms with Crippen LogP contribution in [0.4, 0.5) is 18.3 Å². The Morgan fingerprint density at radius 1 is 1.17 bits per heavy atom. The molecule has 1 atom stereocenters. The summed E-state index contributed by atoms with van der Waals surface area (Å²) in [6.45, 7) is -0.669. The first-order chi connectivity index (χ1) is 16.5. The second kappa shape index (κ2) is 11.1. The molecule has 1 aromatic heterocycles. The summed E-state index contributed by atoms with van der Waals surface area (Å²) < 4.78 is 41.4. The average molecular weight is 510 g/mol. The Morgan fingerprint density at radius 3 is 2.57 bits per heavy atom. The van der Waals surface area contributed by atoms with Gasteiger partial charge in [0.15, 0.2) is 5.13 Å². The van der Waals surface area contributed by atoms with E-state index in [2.05, 4.69) is 20.4 Å². The Morgan fingerprint density at radius 2 is 1.89 bits per heavy atom.